The molecular formula is C17H23NO2. The summed E-state index contributed by atoms with van der Waals surface area (Å²) in [5, 5.41) is 1.21. The van der Waals surface area contributed by atoms with Gasteiger partial charge in [-0.3, -0.25) is 0 Å². The van der Waals surface area contributed by atoms with Crippen molar-refractivity contribution in [2.45, 2.75) is 45.3 Å². The van der Waals surface area contributed by atoms with E-state index in [-0.39, 0.29) is 0 Å². The Morgan fingerprint density at radius 1 is 1.30 bits per heavy atom. The molecule has 1 aromatic heterocycles. The van der Waals surface area contributed by atoms with Crippen LogP contribution in [0.3, 0.4) is 0 Å². The van der Waals surface area contributed by atoms with Crippen LogP contribution in [-0.4, -0.2) is 23.9 Å². The molecule has 1 unspecified atom stereocenters. The van der Waals surface area contributed by atoms with E-state index in [1.54, 1.807) is 0 Å². The molecule has 3 nitrogen and oxygen atoms in total. The molecule has 2 heterocycles. The highest BCUT2D eigenvalue weighted by molar-refractivity contribution is 5.86. The summed E-state index contributed by atoms with van der Waals surface area (Å²) in [5.74, 6) is 0.993. The summed E-state index contributed by atoms with van der Waals surface area (Å²) in [6.45, 7) is 4.76. The fourth-order valence-corrected chi connectivity index (χ4v) is 2.86. The molecule has 1 atom stereocenters. The Kier molecular flexibility index (Phi) is 4.26. The number of ether oxygens (including phenoxy) is 2. The maximum atomic E-state index is 5.84. The number of rotatable bonds is 5. The van der Waals surface area contributed by atoms with Crippen molar-refractivity contribution in [3.8, 4) is 5.75 Å². The van der Waals surface area contributed by atoms with Crippen LogP contribution >= 0.6 is 0 Å². The number of hydrogen-bond donors (Lipinski definition) is 0. The zero-order chi connectivity index (χ0) is 13.8. The van der Waals surface area contributed by atoms with E-state index in [9.17, 15) is 0 Å². The van der Waals surface area contributed by atoms with Crippen molar-refractivity contribution in [1.29, 1.82) is 0 Å². The van der Waals surface area contributed by atoms with Gasteiger partial charge in [0.2, 0.25) is 0 Å². The average Bonchev–Trinajstić information content (AvgIpc) is 2.90. The van der Waals surface area contributed by atoms with Crippen molar-refractivity contribution >= 4 is 10.9 Å². The van der Waals surface area contributed by atoms with Gasteiger partial charge in [0.15, 0.2) is 0 Å². The van der Waals surface area contributed by atoms with Crippen molar-refractivity contribution in [2.24, 2.45) is 0 Å². The topological polar surface area (TPSA) is 23.4 Å². The molecule has 1 aliphatic rings. The normalized spacial score (nSPS) is 19.4. The molecule has 0 saturated carbocycles. The third-order valence-electron chi connectivity index (χ3n) is 3.91. The maximum Gasteiger partial charge on any atom is 0.128 e. The van der Waals surface area contributed by atoms with Gasteiger partial charge >= 0.3 is 0 Å². The SMILES string of the molecule is CCCOc1cccc2c1ccn2CC1CCCCO1. The van der Waals surface area contributed by atoms with Crippen molar-refractivity contribution < 1.29 is 9.47 Å². The molecule has 1 aliphatic heterocycles. The highest BCUT2D eigenvalue weighted by Gasteiger charge is 2.15. The van der Waals surface area contributed by atoms with E-state index < -0.39 is 0 Å². The highest BCUT2D eigenvalue weighted by atomic mass is 16.5. The lowest BCUT2D eigenvalue weighted by Crippen LogP contribution is -2.24. The second kappa shape index (κ2) is 6.31. The summed E-state index contributed by atoms with van der Waals surface area (Å²) in [6.07, 6.45) is 7.21. The van der Waals surface area contributed by atoms with E-state index in [1.165, 1.54) is 30.2 Å². The molecule has 1 saturated heterocycles. The van der Waals surface area contributed by atoms with Gasteiger partial charge in [0.1, 0.15) is 5.75 Å². The summed E-state index contributed by atoms with van der Waals surface area (Å²) < 4.78 is 14.0. The second-order valence-corrected chi connectivity index (χ2v) is 5.49. The standard InChI is InChI=1S/C17H23NO2/c1-2-11-20-17-8-5-7-16-15(17)9-10-18(16)13-14-6-3-4-12-19-14/h5,7-10,14H,2-4,6,11-13H2,1H3. The molecule has 3 heteroatoms. The zero-order valence-corrected chi connectivity index (χ0v) is 12.2. The van der Waals surface area contributed by atoms with Gasteiger partial charge in [-0.1, -0.05) is 13.0 Å². The van der Waals surface area contributed by atoms with Crippen LogP contribution in [0.15, 0.2) is 30.5 Å². The van der Waals surface area contributed by atoms with Gasteiger partial charge in [0.25, 0.3) is 0 Å². The van der Waals surface area contributed by atoms with Gasteiger partial charge in [-0.2, -0.15) is 0 Å². The van der Waals surface area contributed by atoms with Crippen LogP contribution in [0.25, 0.3) is 10.9 Å². The smallest absolute Gasteiger partial charge is 0.128 e. The van der Waals surface area contributed by atoms with Crippen LogP contribution in [0.4, 0.5) is 0 Å². The number of fused-ring (bicyclic) bond motifs is 1. The monoisotopic (exact) mass is 273 g/mol. The molecule has 108 valence electrons. The first kappa shape index (κ1) is 13.5. The fourth-order valence-electron chi connectivity index (χ4n) is 2.86. The Morgan fingerprint density at radius 2 is 2.25 bits per heavy atom. The Balaban J connectivity index is 1.81. The Labute approximate surface area is 120 Å². The first-order chi connectivity index (χ1) is 9.88. The van der Waals surface area contributed by atoms with Gasteiger partial charge in [-0.15, -0.1) is 0 Å². The van der Waals surface area contributed by atoms with Crippen molar-refractivity contribution in [3.05, 3.63) is 30.5 Å². The zero-order valence-electron chi connectivity index (χ0n) is 12.2. The van der Waals surface area contributed by atoms with Crippen molar-refractivity contribution in [1.82, 2.24) is 4.57 Å². The lowest BCUT2D eigenvalue weighted by molar-refractivity contribution is 0.00670. The van der Waals surface area contributed by atoms with Crippen molar-refractivity contribution in [2.75, 3.05) is 13.2 Å². The largest absolute Gasteiger partial charge is 0.493 e. The Hall–Kier alpha value is -1.48. The molecule has 1 aromatic carbocycles. The molecule has 0 bridgehead atoms. The van der Waals surface area contributed by atoms with E-state index in [4.69, 9.17) is 9.47 Å². The van der Waals surface area contributed by atoms with Gasteiger partial charge in [-0.05, 0) is 43.9 Å². The minimum atomic E-state index is 0.361. The summed E-state index contributed by atoms with van der Waals surface area (Å²) in [4.78, 5) is 0. The molecule has 0 aliphatic carbocycles. The second-order valence-electron chi connectivity index (χ2n) is 5.49. The Bertz CT molecular complexity index is 555. The lowest BCUT2D eigenvalue weighted by atomic mass is 10.1. The third kappa shape index (κ3) is 2.83. The molecule has 0 spiro atoms. The summed E-state index contributed by atoms with van der Waals surface area (Å²) in [6, 6.07) is 8.45. The predicted molar refractivity (Wildman–Crippen MR) is 81.3 cm³/mol. The van der Waals surface area contributed by atoms with E-state index in [0.29, 0.717) is 6.10 Å². The first-order valence-corrected chi connectivity index (χ1v) is 7.70. The summed E-state index contributed by atoms with van der Waals surface area (Å²) >= 11 is 0. The summed E-state index contributed by atoms with van der Waals surface area (Å²) in [5.41, 5.74) is 1.24. The van der Waals surface area contributed by atoms with Gasteiger partial charge in [0, 0.05) is 24.7 Å². The van der Waals surface area contributed by atoms with Gasteiger partial charge in [0.05, 0.1) is 18.2 Å². The van der Waals surface area contributed by atoms with E-state index in [0.717, 1.165) is 31.9 Å². The van der Waals surface area contributed by atoms with Crippen LogP contribution in [-0.2, 0) is 11.3 Å². The molecular weight excluding hydrogens is 250 g/mol. The number of aromatic nitrogens is 1. The van der Waals surface area contributed by atoms with Crippen LogP contribution in [0, 0.1) is 0 Å². The average molecular weight is 273 g/mol. The van der Waals surface area contributed by atoms with Gasteiger partial charge in [-0.25, -0.2) is 0 Å². The molecule has 3 rings (SSSR count). The molecule has 2 aromatic rings. The lowest BCUT2D eigenvalue weighted by Gasteiger charge is -2.23. The van der Waals surface area contributed by atoms with E-state index >= 15 is 0 Å². The van der Waals surface area contributed by atoms with Crippen LogP contribution in [0.5, 0.6) is 5.75 Å². The van der Waals surface area contributed by atoms with Crippen LogP contribution in [0.2, 0.25) is 0 Å². The third-order valence-corrected chi connectivity index (χ3v) is 3.91. The number of benzene rings is 1. The number of nitrogens with zero attached hydrogens (tertiary/aromatic N) is 1. The Morgan fingerprint density at radius 3 is 3.05 bits per heavy atom. The van der Waals surface area contributed by atoms with Crippen LogP contribution in [0.1, 0.15) is 32.6 Å². The molecule has 1 fully saturated rings. The quantitative estimate of drug-likeness (QED) is 0.822. The first-order valence-electron chi connectivity index (χ1n) is 7.70. The van der Waals surface area contributed by atoms with E-state index in [1.807, 2.05) is 0 Å². The number of hydrogen-bond acceptors (Lipinski definition) is 2. The van der Waals surface area contributed by atoms with E-state index in [2.05, 4.69) is 42.0 Å². The van der Waals surface area contributed by atoms with Gasteiger partial charge < -0.3 is 14.0 Å². The minimum Gasteiger partial charge on any atom is -0.493 e. The fraction of sp³-hybridized carbons (Fsp3) is 0.529. The van der Waals surface area contributed by atoms with Crippen molar-refractivity contribution in [3.63, 3.8) is 0 Å². The molecule has 20 heavy (non-hydrogen) atoms. The molecule has 0 radical (unpaired) electrons. The highest BCUT2D eigenvalue weighted by Crippen LogP contribution is 2.27. The summed E-state index contributed by atoms with van der Waals surface area (Å²) in [7, 11) is 0. The maximum absolute atomic E-state index is 5.84. The molecule has 0 N–H and O–H groups in total. The molecule has 0 amide bonds. The predicted octanol–water partition coefficient (Wildman–Crippen LogP) is 4.00. The van der Waals surface area contributed by atoms with Crippen LogP contribution < -0.4 is 4.74 Å². The minimum absolute atomic E-state index is 0.361.